The van der Waals surface area contributed by atoms with Crippen LogP contribution < -0.4 is 15.2 Å². The van der Waals surface area contributed by atoms with Crippen molar-refractivity contribution in [3.05, 3.63) is 23.8 Å². The molecule has 0 saturated heterocycles. The lowest BCUT2D eigenvalue weighted by Gasteiger charge is -2.16. The Morgan fingerprint density at radius 1 is 1.18 bits per heavy atom. The molecule has 0 aliphatic rings. The molecule has 3 nitrogen and oxygen atoms in total. The minimum atomic E-state index is 0.178. The van der Waals surface area contributed by atoms with Crippen molar-refractivity contribution in [2.24, 2.45) is 11.7 Å². The van der Waals surface area contributed by atoms with E-state index in [9.17, 15) is 0 Å². The number of hydrogen-bond donors (Lipinski definition) is 1. The molecule has 1 aromatic carbocycles. The van der Waals surface area contributed by atoms with E-state index in [1.807, 2.05) is 18.2 Å². The summed E-state index contributed by atoms with van der Waals surface area (Å²) < 4.78 is 10.5. The molecule has 0 aliphatic carbocycles. The molecule has 0 fully saturated rings. The third-order valence-corrected chi connectivity index (χ3v) is 2.75. The van der Waals surface area contributed by atoms with Crippen molar-refractivity contribution in [3.8, 4) is 11.5 Å². The average molecular weight is 237 g/mol. The van der Waals surface area contributed by atoms with Gasteiger partial charge in [-0.1, -0.05) is 19.9 Å². The fraction of sp³-hybridized carbons (Fsp3) is 0.571. The van der Waals surface area contributed by atoms with Crippen LogP contribution in [0, 0.1) is 5.92 Å². The molecule has 1 rings (SSSR count). The monoisotopic (exact) mass is 237 g/mol. The van der Waals surface area contributed by atoms with Crippen molar-refractivity contribution in [2.45, 2.75) is 32.7 Å². The molecule has 0 heterocycles. The molecule has 2 N–H and O–H groups in total. The van der Waals surface area contributed by atoms with E-state index in [-0.39, 0.29) is 6.04 Å². The Bertz CT molecular complexity index is 350. The minimum Gasteiger partial charge on any atom is -0.497 e. The largest absolute Gasteiger partial charge is 0.497 e. The molecular weight excluding hydrogens is 214 g/mol. The number of ether oxygens (including phenoxy) is 2. The first-order chi connectivity index (χ1) is 8.06. The molecule has 1 unspecified atom stereocenters. The third kappa shape index (κ3) is 4.27. The van der Waals surface area contributed by atoms with Crippen molar-refractivity contribution in [3.63, 3.8) is 0 Å². The second-order valence-electron chi connectivity index (χ2n) is 4.77. The Morgan fingerprint density at radius 2 is 1.88 bits per heavy atom. The molecule has 0 aliphatic heterocycles. The van der Waals surface area contributed by atoms with Gasteiger partial charge in [0.15, 0.2) is 0 Å². The van der Waals surface area contributed by atoms with E-state index < -0.39 is 0 Å². The molecule has 0 radical (unpaired) electrons. The zero-order chi connectivity index (χ0) is 12.8. The Labute approximate surface area is 104 Å². The summed E-state index contributed by atoms with van der Waals surface area (Å²) >= 11 is 0. The van der Waals surface area contributed by atoms with Gasteiger partial charge in [-0.05, 0) is 30.4 Å². The molecule has 96 valence electrons. The Kier molecular flexibility index (Phi) is 5.29. The molecule has 0 spiro atoms. The SMILES string of the molecule is COc1ccc(CC(N)CC(C)C)c(OC)c1. The van der Waals surface area contributed by atoms with Gasteiger partial charge in [0.1, 0.15) is 11.5 Å². The molecule has 0 aromatic heterocycles. The highest BCUT2D eigenvalue weighted by Crippen LogP contribution is 2.26. The van der Waals surface area contributed by atoms with Gasteiger partial charge in [0, 0.05) is 12.1 Å². The van der Waals surface area contributed by atoms with Gasteiger partial charge >= 0.3 is 0 Å². The van der Waals surface area contributed by atoms with Gasteiger partial charge in [0.05, 0.1) is 14.2 Å². The van der Waals surface area contributed by atoms with Crippen LogP contribution in [0.4, 0.5) is 0 Å². The normalized spacial score (nSPS) is 12.6. The van der Waals surface area contributed by atoms with Crippen LogP contribution in [-0.2, 0) is 6.42 Å². The second kappa shape index (κ2) is 6.50. The topological polar surface area (TPSA) is 44.5 Å². The van der Waals surface area contributed by atoms with Crippen LogP contribution in [0.5, 0.6) is 11.5 Å². The van der Waals surface area contributed by atoms with E-state index in [1.54, 1.807) is 14.2 Å². The van der Waals surface area contributed by atoms with Gasteiger partial charge in [-0.15, -0.1) is 0 Å². The first-order valence-electron chi connectivity index (χ1n) is 6.03. The standard InChI is InChI=1S/C14H23NO2/c1-10(2)7-12(15)8-11-5-6-13(16-3)9-14(11)17-4/h5-6,9-10,12H,7-8,15H2,1-4H3. The van der Waals surface area contributed by atoms with Crippen molar-refractivity contribution in [1.29, 1.82) is 0 Å². The quantitative estimate of drug-likeness (QED) is 0.827. The summed E-state index contributed by atoms with van der Waals surface area (Å²) in [7, 11) is 3.32. The van der Waals surface area contributed by atoms with E-state index >= 15 is 0 Å². The van der Waals surface area contributed by atoms with E-state index in [4.69, 9.17) is 15.2 Å². The summed E-state index contributed by atoms with van der Waals surface area (Å²) in [6.45, 7) is 4.37. The van der Waals surface area contributed by atoms with Crippen LogP contribution in [0.15, 0.2) is 18.2 Å². The maximum atomic E-state index is 6.11. The Morgan fingerprint density at radius 3 is 2.41 bits per heavy atom. The predicted molar refractivity (Wildman–Crippen MR) is 70.7 cm³/mol. The first-order valence-corrected chi connectivity index (χ1v) is 6.03. The van der Waals surface area contributed by atoms with Crippen LogP contribution >= 0.6 is 0 Å². The molecule has 0 amide bonds. The Balaban J connectivity index is 2.76. The lowest BCUT2D eigenvalue weighted by molar-refractivity contribution is 0.388. The van der Waals surface area contributed by atoms with Crippen molar-refractivity contribution < 1.29 is 9.47 Å². The Hall–Kier alpha value is -1.22. The molecule has 0 saturated carbocycles. The summed E-state index contributed by atoms with van der Waals surface area (Å²) in [5, 5.41) is 0. The van der Waals surface area contributed by atoms with Crippen LogP contribution in [0.2, 0.25) is 0 Å². The van der Waals surface area contributed by atoms with Gasteiger partial charge in [-0.25, -0.2) is 0 Å². The van der Waals surface area contributed by atoms with E-state index in [1.165, 1.54) is 0 Å². The third-order valence-electron chi connectivity index (χ3n) is 2.75. The molecular formula is C14H23NO2. The zero-order valence-electron chi connectivity index (χ0n) is 11.2. The van der Waals surface area contributed by atoms with Crippen molar-refractivity contribution in [1.82, 2.24) is 0 Å². The van der Waals surface area contributed by atoms with Gasteiger partial charge in [0.25, 0.3) is 0 Å². The zero-order valence-corrected chi connectivity index (χ0v) is 11.2. The second-order valence-corrected chi connectivity index (χ2v) is 4.77. The summed E-state index contributed by atoms with van der Waals surface area (Å²) in [5.41, 5.74) is 7.25. The van der Waals surface area contributed by atoms with Gasteiger partial charge in [-0.3, -0.25) is 0 Å². The van der Waals surface area contributed by atoms with Crippen molar-refractivity contribution in [2.75, 3.05) is 14.2 Å². The number of benzene rings is 1. The van der Waals surface area contributed by atoms with Crippen LogP contribution in [0.25, 0.3) is 0 Å². The highest BCUT2D eigenvalue weighted by molar-refractivity contribution is 5.41. The maximum Gasteiger partial charge on any atom is 0.125 e. The molecule has 1 atom stereocenters. The minimum absolute atomic E-state index is 0.178. The van der Waals surface area contributed by atoms with Crippen molar-refractivity contribution >= 4 is 0 Å². The van der Waals surface area contributed by atoms with Gasteiger partial charge in [-0.2, -0.15) is 0 Å². The highest BCUT2D eigenvalue weighted by Gasteiger charge is 2.11. The van der Waals surface area contributed by atoms with Gasteiger partial charge < -0.3 is 15.2 Å². The van der Waals surface area contributed by atoms with E-state index in [0.29, 0.717) is 5.92 Å². The summed E-state index contributed by atoms with van der Waals surface area (Å²) in [5.74, 6) is 2.28. The van der Waals surface area contributed by atoms with Crippen LogP contribution in [0.1, 0.15) is 25.8 Å². The summed E-state index contributed by atoms with van der Waals surface area (Å²) in [6.07, 6.45) is 1.86. The number of rotatable bonds is 6. The van der Waals surface area contributed by atoms with Crippen LogP contribution in [0.3, 0.4) is 0 Å². The number of nitrogens with two attached hydrogens (primary N) is 1. The van der Waals surface area contributed by atoms with Crippen LogP contribution in [-0.4, -0.2) is 20.3 Å². The first kappa shape index (κ1) is 13.8. The van der Waals surface area contributed by atoms with Gasteiger partial charge in [0.2, 0.25) is 0 Å². The average Bonchev–Trinajstić information content (AvgIpc) is 2.28. The molecule has 17 heavy (non-hydrogen) atoms. The number of methoxy groups -OCH3 is 2. The van der Waals surface area contributed by atoms with E-state index in [2.05, 4.69) is 13.8 Å². The summed E-state index contributed by atoms with van der Waals surface area (Å²) in [6, 6.07) is 6.05. The highest BCUT2D eigenvalue weighted by atomic mass is 16.5. The predicted octanol–water partition coefficient (Wildman–Crippen LogP) is 2.62. The molecule has 1 aromatic rings. The maximum absolute atomic E-state index is 6.11. The molecule has 3 heteroatoms. The smallest absolute Gasteiger partial charge is 0.125 e. The lowest BCUT2D eigenvalue weighted by Crippen LogP contribution is -2.24. The fourth-order valence-corrected chi connectivity index (χ4v) is 1.99. The number of hydrogen-bond acceptors (Lipinski definition) is 3. The summed E-state index contributed by atoms with van der Waals surface area (Å²) in [4.78, 5) is 0. The van der Waals surface area contributed by atoms with E-state index in [0.717, 1.165) is 29.9 Å². The fourth-order valence-electron chi connectivity index (χ4n) is 1.99. The lowest BCUT2D eigenvalue weighted by atomic mass is 9.97. The molecule has 0 bridgehead atoms.